The summed E-state index contributed by atoms with van der Waals surface area (Å²) < 4.78 is 0. The molecular formula is C15H14O5. The van der Waals surface area contributed by atoms with Gasteiger partial charge in [0.1, 0.15) is 17.2 Å². The lowest BCUT2D eigenvalue weighted by molar-refractivity contribution is 0.0695. The fourth-order valence-corrected chi connectivity index (χ4v) is 2.02. The number of aromatic carboxylic acids is 1. The smallest absolute Gasteiger partial charge is 0.336 e. The number of aryl methyl sites for hydroxylation is 2. The maximum Gasteiger partial charge on any atom is 0.336 e. The van der Waals surface area contributed by atoms with Crippen molar-refractivity contribution in [3.63, 3.8) is 0 Å². The molecule has 2 aromatic rings. The number of carbonyl (C=O) groups is 1. The van der Waals surface area contributed by atoms with Crippen LogP contribution in [0.4, 0.5) is 0 Å². The van der Waals surface area contributed by atoms with Gasteiger partial charge in [-0.1, -0.05) is 6.07 Å². The van der Waals surface area contributed by atoms with Crippen LogP contribution in [0.25, 0.3) is 0 Å². The van der Waals surface area contributed by atoms with Gasteiger partial charge >= 0.3 is 5.97 Å². The third-order valence-corrected chi connectivity index (χ3v) is 3.05. The zero-order valence-corrected chi connectivity index (χ0v) is 10.6. The Labute approximate surface area is 115 Å². The Kier molecular flexibility index (Phi) is 3.79. The number of rotatable bonds is 4. The molecule has 0 spiro atoms. The van der Waals surface area contributed by atoms with Gasteiger partial charge in [0.05, 0.1) is 5.56 Å². The molecule has 0 saturated heterocycles. The lowest BCUT2D eigenvalue weighted by atomic mass is 9.99. The van der Waals surface area contributed by atoms with Crippen LogP contribution in [-0.2, 0) is 12.8 Å². The topological polar surface area (TPSA) is 98.0 Å². The molecule has 0 radical (unpaired) electrons. The second-order valence-electron chi connectivity index (χ2n) is 4.46. The first-order valence-corrected chi connectivity index (χ1v) is 6.03. The molecule has 5 nitrogen and oxygen atoms in total. The van der Waals surface area contributed by atoms with Gasteiger partial charge in [-0.2, -0.15) is 0 Å². The number of carboxylic acids is 1. The summed E-state index contributed by atoms with van der Waals surface area (Å²) in [6.07, 6.45) is 0.754. The van der Waals surface area contributed by atoms with Gasteiger partial charge in [0.25, 0.3) is 0 Å². The van der Waals surface area contributed by atoms with Crippen molar-refractivity contribution in [1.29, 1.82) is 0 Å². The summed E-state index contributed by atoms with van der Waals surface area (Å²) in [6, 6.07) is 8.36. The third kappa shape index (κ3) is 3.00. The second kappa shape index (κ2) is 5.52. The molecule has 104 valence electrons. The van der Waals surface area contributed by atoms with Gasteiger partial charge in [0.15, 0.2) is 0 Å². The first-order chi connectivity index (χ1) is 9.47. The number of benzene rings is 2. The molecule has 0 aliphatic carbocycles. The predicted molar refractivity (Wildman–Crippen MR) is 72.2 cm³/mol. The molecule has 0 saturated carbocycles. The summed E-state index contributed by atoms with van der Waals surface area (Å²) in [5, 5.41) is 37.4. The molecule has 20 heavy (non-hydrogen) atoms. The van der Waals surface area contributed by atoms with Crippen molar-refractivity contribution in [2.24, 2.45) is 0 Å². The molecule has 0 heterocycles. The summed E-state index contributed by atoms with van der Waals surface area (Å²) >= 11 is 0. The van der Waals surface area contributed by atoms with Crippen LogP contribution in [-0.4, -0.2) is 26.4 Å². The van der Waals surface area contributed by atoms with Crippen LogP contribution < -0.4 is 0 Å². The average molecular weight is 274 g/mol. The van der Waals surface area contributed by atoms with Gasteiger partial charge in [0, 0.05) is 0 Å². The second-order valence-corrected chi connectivity index (χ2v) is 4.46. The van der Waals surface area contributed by atoms with E-state index >= 15 is 0 Å². The number of phenolic OH excluding ortho intramolecular Hbond substituents is 3. The Morgan fingerprint density at radius 2 is 1.45 bits per heavy atom. The third-order valence-electron chi connectivity index (χ3n) is 3.05. The minimum absolute atomic E-state index is 0.0321. The van der Waals surface area contributed by atoms with Crippen molar-refractivity contribution in [3.8, 4) is 17.2 Å². The van der Waals surface area contributed by atoms with Crippen molar-refractivity contribution < 1.29 is 25.2 Å². The maximum atomic E-state index is 11.1. The molecule has 0 aliphatic heterocycles. The van der Waals surface area contributed by atoms with Crippen LogP contribution in [0, 0.1) is 0 Å². The Bertz CT molecular complexity index is 649. The zero-order valence-electron chi connectivity index (χ0n) is 10.6. The molecule has 0 bridgehead atoms. The van der Waals surface area contributed by atoms with E-state index in [0.717, 1.165) is 0 Å². The standard InChI is InChI=1S/C15H14O5/c16-11-5-6-14(18)10(7-11)2-1-9-3-4-12(17)8-13(9)15(19)20/h3-8,16-18H,1-2H2,(H,19,20). The lowest BCUT2D eigenvalue weighted by Gasteiger charge is -2.08. The molecule has 0 amide bonds. The zero-order chi connectivity index (χ0) is 14.7. The van der Waals surface area contributed by atoms with Gasteiger partial charge in [0.2, 0.25) is 0 Å². The number of carboxylic acid groups (broad SMARTS) is 1. The first-order valence-electron chi connectivity index (χ1n) is 6.03. The van der Waals surface area contributed by atoms with E-state index in [1.54, 1.807) is 6.07 Å². The monoisotopic (exact) mass is 274 g/mol. The molecule has 2 aromatic carbocycles. The fraction of sp³-hybridized carbons (Fsp3) is 0.133. The van der Waals surface area contributed by atoms with E-state index in [9.17, 15) is 20.1 Å². The Morgan fingerprint density at radius 1 is 0.850 bits per heavy atom. The summed E-state index contributed by atoms with van der Waals surface area (Å²) in [5.74, 6) is -1.12. The molecule has 5 heteroatoms. The SMILES string of the molecule is O=C(O)c1cc(O)ccc1CCc1cc(O)ccc1O. The summed E-state index contributed by atoms with van der Waals surface area (Å²) in [5.41, 5.74) is 1.12. The first kappa shape index (κ1) is 13.7. The van der Waals surface area contributed by atoms with E-state index in [-0.39, 0.29) is 22.8 Å². The Balaban J connectivity index is 2.23. The Hall–Kier alpha value is -2.69. The molecule has 0 fully saturated rings. The summed E-state index contributed by atoms with van der Waals surface area (Å²) in [7, 11) is 0. The van der Waals surface area contributed by atoms with E-state index in [2.05, 4.69) is 0 Å². The molecule has 0 aliphatic rings. The lowest BCUT2D eigenvalue weighted by Crippen LogP contribution is -2.03. The van der Waals surface area contributed by atoms with E-state index in [1.165, 1.54) is 30.3 Å². The fourth-order valence-electron chi connectivity index (χ4n) is 2.02. The molecule has 0 unspecified atom stereocenters. The van der Waals surface area contributed by atoms with E-state index in [4.69, 9.17) is 5.11 Å². The number of hydrogen-bond acceptors (Lipinski definition) is 4. The van der Waals surface area contributed by atoms with Crippen LogP contribution in [0.3, 0.4) is 0 Å². The van der Waals surface area contributed by atoms with E-state index in [0.29, 0.717) is 24.0 Å². The highest BCUT2D eigenvalue weighted by molar-refractivity contribution is 5.89. The molecule has 0 atom stereocenters. The van der Waals surface area contributed by atoms with Gasteiger partial charge in [-0.3, -0.25) is 0 Å². The minimum Gasteiger partial charge on any atom is -0.508 e. The average Bonchev–Trinajstić information content (AvgIpc) is 2.40. The van der Waals surface area contributed by atoms with Gasteiger partial charge < -0.3 is 20.4 Å². The van der Waals surface area contributed by atoms with Crippen molar-refractivity contribution in [2.45, 2.75) is 12.8 Å². The van der Waals surface area contributed by atoms with Gasteiger partial charge in [-0.25, -0.2) is 4.79 Å². The van der Waals surface area contributed by atoms with Crippen LogP contribution in [0.1, 0.15) is 21.5 Å². The normalized spacial score (nSPS) is 10.4. The predicted octanol–water partition coefficient (Wildman–Crippen LogP) is 2.29. The number of hydrogen-bond donors (Lipinski definition) is 4. The summed E-state index contributed by atoms with van der Waals surface area (Å²) in [4.78, 5) is 11.1. The number of aromatic hydroxyl groups is 3. The summed E-state index contributed by atoms with van der Waals surface area (Å²) in [6.45, 7) is 0. The highest BCUT2D eigenvalue weighted by Gasteiger charge is 2.12. The van der Waals surface area contributed by atoms with E-state index in [1.807, 2.05) is 0 Å². The van der Waals surface area contributed by atoms with Gasteiger partial charge in [-0.15, -0.1) is 0 Å². The minimum atomic E-state index is -1.11. The van der Waals surface area contributed by atoms with Crippen molar-refractivity contribution in [2.75, 3.05) is 0 Å². The largest absolute Gasteiger partial charge is 0.508 e. The van der Waals surface area contributed by atoms with Crippen molar-refractivity contribution >= 4 is 5.97 Å². The van der Waals surface area contributed by atoms with Crippen molar-refractivity contribution in [1.82, 2.24) is 0 Å². The molecule has 4 N–H and O–H groups in total. The maximum absolute atomic E-state index is 11.1. The highest BCUT2D eigenvalue weighted by Crippen LogP contribution is 2.25. The van der Waals surface area contributed by atoms with Crippen LogP contribution in [0.15, 0.2) is 36.4 Å². The van der Waals surface area contributed by atoms with Crippen LogP contribution in [0.2, 0.25) is 0 Å². The molecule has 2 rings (SSSR count). The van der Waals surface area contributed by atoms with Gasteiger partial charge in [-0.05, 0) is 54.3 Å². The van der Waals surface area contributed by atoms with Crippen LogP contribution >= 0.6 is 0 Å². The Morgan fingerprint density at radius 3 is 2.15 bits per heavy atom. The molecular weight excluding hydrogens is 260 g/mol. The van der Waals surface area contributed by atoms with Crippen LogP contribution in [0.5, 0.6) is 17.2 Å². The number of phenols is 3. The quantitative estimate of drug-likeness (QED) is 0.641. The highest BCUT2D eigenvalue weighted by atomic mass is 16.4. The molecule has 0 aromatic heterocycles. The van der Waals surface area contributed by atoms with E-state index < -0.39 is 5.97 Å². The van der Waals surface area contributed by atoms with Crippen molar-refractivity contribution in [3.05, 3.63) is 53.1 Å².